The molecule has 0 aliphatic rings. The summed E-state index contributed by atoms with van der Waals surface area (Å²) in [5, 5.41) is 9.14. The van der Waals surface area contributed by atoms with E-state index in [1.165, 1.54) is 25.2 Å². The third-order valence-electron chi connectivity index (χ3n) is 2.44. The van der Waals surface area contributed by atoms with Crippen molar-refractivity contribution in [3.63, 3.8) is 0 Å². The second kappa shape index (κ2) is 3.44. The predicted octanol–water partition coefficient (Wildman–Crippen LogP) is 1.38. The Morgan fingerprint density at radius 3 is 2.75 bits per heavy atom. The van der Waals surface area contributed by atoms with Crippen LogP contribution in [-0.2, 0) is 7.05 Å². The van der Waals surface area contributed by atoms with Crippen molar-refractivity contribution >= 4 is 16.9 Å². The summed E-state index contributed by atoms with van der Waals surface area (Å²) in [5.74, 6) is -1.85. The molecule has 0 spiro atoms. The van der Waals surface area contributed by atoms with Gasteiger partial charge in [-0.2, -0.15) is 0 Å². The van der Waals surface area contributed by atoms with Crippen LogP contribution in [0.25, 0.3) is 10.9 Å². The van der Waals surface area contributed by atoms with E-state index >= 15 is 0 Å². The fourth-order valence-corrected chi connectivity index (χ4v) is 1.66. The van der Waals surface area contributed by atoms with Gasteiger partial charge in [-0.3, -0.25) is 4.79 Å². The Morgan fingerprint density at radius 1 is 1.44 bits per heavy atom. The number of aromatic nitrogens is 1. The van der Waals surface area contributed by atoms with E-state index in [1.54, 1.807) is 0 Å². The number of para-hydroxylation sites is 1. The number of hydrogen-bond acceptors (Lipinski definition) is 2. The highest BCUT2D eigenvalue weighted by Crippen LogP contribution is 2.19. The summed E-state index contributed by atoms with van der Waals surface area (Å²) in [6.07, 6.45) is 0. The summed E-state index contributed by atoms with van der Waals surface area (Å²) < 4.78 is 14.6. The van der Waals surface area contributed by atoms with Crippen LogP contribution in [0.15, 0.2) is 29.1 Å². The molecule has 0 unspecified atom stereocenters. The summed E-state index contributed by atoms with van der Waals surface area (Å²) in [5.41, 5.74) is -0.722. The zero-order valence-corrected chi connectivity index (χ0v) is 8.40. The Labute approximate surface area is 89.6 Å². The third kappa shape index (κ3) is 1.37. The highest BCUT2D eigenvalue weighted by molar-refractivity contribution is 6.02. The van der Waals surface area contributed by atoms with Gasteiger partial charge in [-0.1, -0.05) is 12.1 Å². The van der Waals surface area contributed by atoms with Crippen molar-refractivity contribution in [1.82, 2.24) is 4.57 Å². The first-order valence-corrected chi connectivity index (χ1v) is 4.54. The topological polar surface area (TPSA) is 59.3 Å². The first kappa shape index (κ1) is 10.4. The third-order valence-corrected chi connectivity index (χ3v) is 2.44. The SMILES string of the molecule is Cn1c(=O)cc(C(=O)O)c2cccc(F)c21. The molecule has 82 valence electrons. The van der Waals surface area contributed by atoms with Crippen LogP contribution in [0, 0.1) is 5.82 Å². The van der Waals surface area contributed by atoms with Crippen molar-refractivity contribution < 1.29 is 14.3 Å². The molecule has 1 aromatic heterocycles. The van der Waals surface area contributed by atoms with Crippen LogP contribution in [0.5, 0.6) is 0 Å². The molecule has 4 nitrogen and oxygen atoms in total. The predicted molar refractivity (Wildman–Crippen MR) is 56.1 cm³/mol. The Hall–Kier alpha value is -2.17. The number of carboxylic acids is 1. The molecular formula is C11H8FNO3. The van der Waals surface area contributed by atoms with Crippen molar-refractivity contribution in [3.05, 3.63) is 46.0 Å². The van der Waals surface area contributed by atoms with Gasteiger partial charge >= 0.3 is 5.97 Å². The van der Waals surface area contributed by atoms with E-state index in [-0.39, 0.29) is 16.5 Å². The Kier molecular flexibility index (Phi) is 2.23. The molecule has 2 rings (SSSR count). The zero-order valence-electron chi connectivity index (χ0n) is 8.40. The average molecular weight is 221 g/mol. The number of rotatable bonds is 1. The smallest absolute Gasteiger partial charge is 0.336 e. The number of fused-ring (bicyclic) bond motifs is 1. The van der Waals surface area contributed by atoms with Crippen LogP contribution in [0.2, 0.25) is 0 Å². The van der Waals surface area contributed by atoms with Gasteiger partial charge in [0.25, 0.3) is 5.56 Å². The van der Waals surface area contributed by atoms with Crippen molar-refractivity contribution in [2.24, 2.45) is 7.05 Å². The van der Waals surface area contributed by atoms with E-state index in [1.807, 2.05) is 0 Å². The summed E-state index contributed by atoms with van der Waals surface area (Å²) >= 11 is 0. The molecule has 1 heterocycles. The Balaban J connectivity index is 3.07. The fraction of sp³-hybridized carbons (Fsp3) is 0.0909. The molecule has 0 saturated carbocycles. The van der Waals surface area contributed by atoms with E-state index in [0.29, 0.717) is 0 Å². The van der Waals surface area contributed by atoms with Gasteiger partial charge in [0.2, 0.25) is 0 Å². The summed E-state index contributed by atoms with van der Waals surface area (Å²) in [6.45, 7) is 0. The molecule has 0 aliphatic heterocycles. The molecule has 2 aromatic rings. The van der Waals surface area contributed by atoms with Crippen LogP contribution in [-0.4, -0.2) is 15.6 Å². The largest absolute Gasteiger partial charge is 0.478 e. The van der Waals surface area contributed by atoms with Gasteiger partial charge in [-0.05, 0) is 6.07 Å². The van der Waals surface area contributed by atoms with E-state index in [2.05, 4.69) is 0 Å². The number of carbonyl (C=O) groups is 1. The van der Waals surface area contributed by atoms with Crippen LogP contribution < -0.4 is 5.56 Å². The lowest BCUT2D eigenvalue weighted by atomic mass is 10.1. The number of hydrogen-bond donors (Lipinski definition) is 1. The molecular weight excluding hydrogens is 213 g/mol. The normalized spacial score (nSPS) is 10.6. The van der Waals surface area contributed by atoms with Crippen LogP contribution >= 0.6 is 0 Å². The number of pyridine rings is 1. The number of carboxylic acid groups (broad SMARTS) is 1. The molecule has 0 bridgehead atoms. The maximum absolute atomic E-state index is 13.5. The minimum atomic E-state index is -1.24. The summed E-state index contributed by atoms with van der Waals surface area (Å²) in [7, 11) is 1.40. The molecule has 1 N–H and O–H groups in total. The lowest BCUT2D eigenvalue weighted by Gasteiger charge is -2.07. The highest BCUT2D eigenvalue weighted by atomic mass is 19.1. The van der Waals surface area contributed by atoms with Gasteiger partial charge in [0.05, 0.1) is 11.1 Å². The zero-order chi connectivity index (χ0) is 11.9. The second-order valence-corrected chi connectivity index (χ2v) is 3.40. The van der Waals surface area contributed by atoms with Crippen molar-refractivity contribution in [1.29, 1.82) is 0 Å². The summed E-state index contributed by atoms with van der Waals surface area (Å²) in [4.78, 5) is 22.4. The maximum atomic E-state index is 13.5. The van der Waals surface area contributed by atoms with E-state index in [0.717, 1.165) is 10.6 Å². The van der Waals surface area contributed by atoms with Crippen molar-refractivity contribution in [2.45, 2.75) is 0 Å². The van der Waals surface area contributed by atoms with Crippen LogP contribution in [0.3, 0.4) is 0 Å². The Bertz CT molecular complexity index is 645. The van der Waals surface area contributed by atoms with Crippen LogP contribution in [0.1, 0.15) is 10.4 Å². The molecule has 0 radical (unpaired) electrons. The first-order valence-electron chi connectivity index (χ1n) is 4.54. The number of nitrogens with zero attached hydrogens (tertiary/aromatic N) is 1. The van der Waals surface area contributed by atoms with Gasteiger partial charge in [0, 0.05) is 18.5 Å². The van der Waals surface area contributed by atoms with Gasteiger partial charge in [-0.25, -0.2) is 9.18 Å². The molecule has 16 heavy (non-hydrogen) atoms. The quantitative estimate of drug-likeness (QED) is 0.791. The maximum Gasteiger partial charge on any atom is 0.336 e. The molecule has 0 atom stereocenters. The molecule has 0 aliphatic carbocycles. The summed E-state index contributed by atoms with van der Waals surface area (Å²) in [6, 6.07) is 5.06. The number of halogens is 1. The number of benzene rings is 1. The average Bonchev–Trinajstić information content (AvgIpc) is 2.22. The van der Waals surface area contributed by atoms with Gasteiger partial charge in [-0.15, -0.1) is 0 Å². The molecule has 0 saturated heterocycles. The van der Waals surface area contributed by atoms with Gasteiger partial charge in [0.15, 0.2) is 0 Å². The fourth-order valence-electron chi connectivity index (χ4n) is 1.66. The van der Waals surface area contributed by atoms with Gasteiger partial charge < -0.3 is 9.67 Å². The number of aryl methyl sites for hydroxylation is 1. The van der Waals surface area contributed by atoms with Gasteiger partial charge in [0.1, 0.15) is 5.82 Å². The minimum absolute atomic E-state index is 0.00685. The standard InChI is InChI=1S/C11H8FNO3/c1-13-9(14)5-7(11(15)16)6-3-2-4-8(12)10(6)13/h2-5H,1H3,(H,15,16). The van der Waals surface area contributed by atoms with Crippen LogP contribution in [0.4, 0.5) is 4.39 Å². The Morgan fingerprint density at radius 2 is 2.12 bits per heavy atom. The highest BCUT2D eigenvalue weighted by Gasteiger charge is 2.14. The molecule has 0 amide bonds. The van der Waals surface area contributed by atoms with E-state index < -0.39 is 17.3 Å². The molecule has 0 fully saturated rings. The first-order chi connectivity index (χ1) is 7.52. The minimum Gasteiger partial charge on any atom is -0.478 e. The lowest BCUT2D eigenvalue weighted by molar-refractivity contribution is 0.0699. The molecule has 1 aromatic carbocycles. The molecule has 5 heteroatoms. The van der Waals surface area contributed by atoms with E-state index in [4.69, 9.17) is 5.11 Å². The number of aromatic carboxylic acids is 1. The van der Waals surface area contributed by atoms with E-state index in [9.17, 15) is 14.0 Å². The van der Waals surface area contributed by atoms with Crippen molar-refractivity contribution in [3.8, 4) is 0 Å². The van der Waals surface area contributed by atoms with Crippen molar-refractivity contribution in [2.75, 3.05) is 0 Å². The lowest BCUT2D eigenvalue weighted by Crippen LogP contribution is -2.19. The second-order valence-electron chi connectivity index (χ2n) is 3.40. The monoisotopic (exact) mass is 221 g/mol.